The van der Waals surface area contributed by atoms with Crippen molar-refractivity contribution >= 4 is 14.3 Å². The number of hydrogen-bond acceptors (Lipinski definition) is 4. The highest BCUT2D eigenvalue weighted by Crippen LogP contribution is 2.46. The summed E-state index contributed by atoms with van der Waals surface area (Å²) >= 11 is 0. The van der Waals surface area contributed by atoms with Crippen LogP contribution >= 0.6 is 0 Å². The number of rotatable bonds is 3. The highest BCUT2D eigenvalue weighted by atomic mass is 28.4. The predicted molar refractivity (Wildman–Crippen MR) is 75.2 cm³/mol. The minimum absolute atomic E-state index is 0.0361. The number of carbonyl (C=O) groups is 1. The monoisotopic (exact) mass is 286 g/mol. The summed E-state index contributed by atoms with van der Waals surface area (Å²) in [5, 5.41) is 9.79. The van der Waals surface area contributed by atoms with Crippen molar-refractivity contribution in [1.29, 1.82) is 0 Å². The molecule has 1 aliphatic heterocycles. The van der Waals surface area contributed by atoms with Crippen molar-refractivity contribution in [2.75, 3.05) is 6.61 Å². The molecule has 0 aromatic carbocycles. The quantitative estimate of drug-likeness (QED) is 0.639. The maximum absolute atomic E-state index is 11.3. The van der Waals surface area contributed by atoms with Crippen LogP contribution in [-0.4, -0.2) is 38.2 Å². The van der Waals surface area contributed by atoms with Gasteiger partial charge in [0.25, 0.3) is 0 Å². The van der Waals surface area contributed by atoms with Crippen molar-refractivity contribution < 1.29 is 19.1 Å². The van der Waals surface area contributed by atoms with Gasteiger partial charge in [-0.15, -0.1) is 0 Å². The average Bonchev–Trinajstić information content (AvgIpc) is 2.70. The van der Waals surface area contributed by atoms with Crippen LogP contribution in [-0.2, 0) is 14.0 Å². The Hall–Kier alpha value is -0.393. The van der Waals surface area contributed by atoms with Gasteiger partial charge in [-0.25, -0.2) is 0 Å². The second-order valence-electron chi connectivity index (χ2n) is 7.40. The van der Waals surface area contributed by atoms with Crippen LogP contribution in [0, 0.1) is 11.8 Å². The first-order valence-corrected chi connectivity index (χ1v) is 10.0. The van der Waals surface area contributed by atoms with Crippen molar-refractivity contribution in [3.63, 3.8) is 0 Å². The fraction of sp³-hybridized carbons (Fsp3) is 0.929. The third-order valence-corrected chi connectivity index (χ3v) is 9.62. The fourth-order valence-electron chi connectivity index (χ4n) is 2.90. The molecule has 5 heteroatoms. The molecule has 0 aromatic heterocycles. The zero-order chi connectivity index (χ0) is 14.4. The minimum Gasteiger partial charge on any atom is -0.462 e. The Morgan fingerprint density at radius 1 is 1.42 bits per heavy atom. The van der Waals surface area contributed by atoms with Crippen molar-refractivity contribution in [2.24, 2.45) is 11.8 Å². The molecule has 2 rings (SSSR count). The third kappa shape index (κ3) is 2.73. The smallest absolute Gasteiger partial charge is 0.306 e. The molecule has 0 radical (unpaired) electrons. The van der Waals surface area contributed by atoms with E-state index in [4.69, 9.17) is 9.16 Å². The molecule has 2 aliphatic rings. The molecule has 1 aliphatic carbocycles. The molecule has 4 atom stereocenters. The van der Waals surface area contributed by atoms with Crippen LogP contribution in [0.1, 0.15) is 33.6 Å². The molecule has 19 heavy (non-hydrogen) atoms. The SMILES string of the molecule is CC(C)(C)[Si](C)(C)OC1CC2OC(=O)CC2C1CO. The Morgan fingerprint density at radius 2 is 2.05 bits per heavy atom. The van der Waals surface area contributed by atoms with Gasteiger partial charge in [0, 0.05) is 24.9 Å². The molecule has 1 saturated carbocycles. The zero-order valence-corrected chi connectivity index (χ0v) is 13.6. The fourth-order valence-corrected chi connectivity index (χ4v) is 4.28. The zero-order valence-electron chi connectivity index (χ0n) is 12.6. The number of esters is 1. The van der Waals surface area contributed by atoms with Crippen LogP contribution in [0.5, 0.6) is 0 Å². The maximum atomic E-state index is 11.3. The molecule has 0 amide bonds. The normalized spacial score (nSPS) is 35.4. The topological polar surface area (TPSA) is 55.8 Å². The Bertz CT molecular complexity index is 361. The van der Waals surface area contributed by atoms with E-state index in [9.17, 15) is 9.90 Å². The lowest BCUT2D eigenvalue weighted by atomic mass is 9.93. The number of carbonyl (C=O) groups excluding carboxylic acids is 1. The lowest BCUT2D eigenvalue weighted by Gasteiger charge is -2.40. The van der Waals surface area contributed by atoms with E-state index in [-0.39, 0.29) is 41.7 Å². The van der Waals surface area contributed by atoms with E-state index in [0.717, 1.165) is 6.42 Å². The Kier molecular flexibility index (Phi) is 3.84. The number of ether oxygens (including phenoxy) is 1. The van der Waals surface area contributed by atoms with Gasteiger partial charge in [-0.1, -0.05) is 20.8 Å². The van der Waals surface area contributed by atoms with Gasteiger partial charge in [-0.2, -0.15) is 0 Å². The van der Waals surface area contributed by atoms with Gasteiger partial charge in [0.15, 0.2) is 8.32 Å². The maximum Gasteiger partial charge on any atom is 0.306 e. The van der Waals surface area contributed by atoms with Crippen LogP contribution < -0.4 is 0 Å². The number of aliphatic hydroxyl groups is 1. The molecular weight excluding hydrogens is 260 g/mol. The summed E-state index contributed by atoms with van der Waals surface area (Å²) in [5.41, 5.74) is 0. The Balaban J connectivity index is 2.08. The molecule has 4 unspecified atom stereocenters. The minimum atomic E-state index is -1.84. The highest BCUT2D eigenvalue weighted by Gasteiger charge is 2.52. The number of hydrogen-bond donors (Lipinski definition) is 1. The molecule has 0 spiro atoms. The van der Waals surface area contributed by atoms with Crippen molar-refractivity contribution in [2.45, 2.75) is 64.0 Å². The first-order valence-electron chi connectivity index (χ1n) is 7.14. The second kappa shape index (κ2) is 4.86. The van der Waals surface area contributed by atoms with Crippen molar-refractivity contribution in [3.05, 3.63) is 0 Å². The molecule has 1 N–H and O–H groups in total. The summed E-state index contributed by atoms with van der Waals surface area (Å²) in [6.07, 6.45) is 1.18. The van der Waals surface area contributed by atoms with Crippen LogP contribution in [0.25, 0.3) is 0 Å². The van der Waals surface area contributed by atoms with E-state index in [2.05, 4.69) is 33.9 Å². The molecule has 0 aromatic rings. The highest BCUT2D eigenvalue weighted by molar-refractivity contribution is 6.74. The van der Waals surface area contributed by atoms with Gasteiger partial charge in [0.2, 0.25) is 0 Å². The summed E-state index contributed by atoms with van der Waals surface area (Å²) in [7, 11) is -1.84. The van der Waals surface area contributed by atoms with Gasteiger partial charge in [0.05, 0.1) is 12.5 Å². The van der Waals surface area contributed by atoms with Gasteiger partial charge >= 0.3 is 5.97 Å². The summed E-state index contributed by atoms with van der Waals surface area (Å²) in [6, 6.07) is 0. The summed E-state index contributed by atoms with van der Waals surface area (Å²) in [4.78, 5) is 11.3. The van der Waals surface area contributed by atoms with Crippen LogP contribution in [0.4, 0.5) is 0 Å². The molecular formula is C14H26O4Si. The van der Waals surface area contributed by atoms with E-state index in [1.165, 1.54) is 0 Å². The number of fused-ring (bicyclic) bond motifs is 1. The molecule has 1 heterocycles. The van der Waals surface area contributed by atoms with Gasteiger partial charge in [0.1, 0.15) is 6.10 Å². The Morgan fingerprint density at radius 3 is 2.58 bits per heavy atom. The standard InChI is InChI=1S/C14H26O4Si/c1-14(2,3)19(4,5)18-12-7-11-9(10(12)8-15)6-13(16)17-11/h9-12,15H,6-8H2,1-5H3. The second-order valence-corrected chi connectivity index (χ2v) is 12.2. The molecule has 110 valence electrons. The van der Waals surface area contributed by atoms with Crippen LogP contribution in [0.2, 0.25) is 18.1 Å². The molecule has 4 nitrogen and oxygen atoms in total. The van der Waals surface area contributed by atoms with Crippen molar-refractivity contribution in [1.82, 2.24) is 0 Å². The largest absolute Gasteiger partial charge is 0.462 e. The van der Waals surface area contributed by atoms with E-state index >= 15 is 0 Å². The van der Waals surface area contributed by atoms with Gasteiger partial charge in [-0.05, 0) is 18.1 Å². The Labute approximate surface area is 116 Å². The molecule has 0 bridgehead atoms. The van der Waals surface area contributed by atoms with Gasteiger partial charge in [-0.3, -0.25) is 4.79 Å². The van der Waals surface area contributed by atoms with E-state index in [1.807, 2.05) is 0 Å². The van der Waals surface area contributed by atoms with Gasteiger partial charge < -0.3 is 14.3 Å². The lowest BCUT2D eigenvalue weighted by Crippen LogP contribution is -2.45. The van der Waals surface area contributed by atoms with Crippen molar-refractivity contribution in [3.8, 4) is 0 Å². The average molecular weight is 286 g/mol. The van der Waals surface area contributed by atoms with Crippen LogP contribution in [0.3, 0.4) is 0 Å². The predicted octanol–water partition coefficient (Wildman–Crippen LogP) is 2.32. The van der Waals surface area contributed by atoms with E-state index in [0.29, 0.717) is 6.42 Å². The summed E-state index contributed by atoms with van der Waals surface area (Å²) < 4.78 is 11.8. The first kappa shape index (κ1) is 15.0. The molecule has 1 saturated heterocycles. The van der Waals surface area contributed by atoms with Crippen LogP contribution in [0.15, 0.2) is 0 Å². The first-order chi connectivity index (χ1) is 8.65. The van der Waals surface area contributed by atoms with E-state index < -0.39 is 8.32 Å². The summed E-state index contributed by atoms with van der Waals surface area (Å²) in [5.74, 6) is 0.0667. The summed E-state index contributed by atoms with van der Waals surface area (Å²) in [6.45, 7) is 11.2. The lowest BCUT2D eigenvalue weighted by molar-refractivity contribution is -0.141. The third-order valence-electron chi connectivity index (χ3n) is 5.12. The number of aliphatic hydroxyl groups excluding tert-OH is 1. The van der Waals surface area contributed by atoms with E-state index in [1.54, 1.807) is 0 Å². The molecule has 2 fully saturated rings.